The highest BCUT2D eigenvalue weighted by atomic mass is 16.2. The molecule has 1 aromatic heterocycles. The van der Waals surface area contributed by atoms with E-state index < -0.39 is 5.54 Å². The van der Waals surface area contributed by atoms with Gasteiger partial charge in [0.2, 0.25) is 11.8 Å². The molecule has 2 amide bonds. The van der Waals surface area contributed by atoms with Gasteiger partial charge in [0, 0.05) is 18.9 Å². The molecule has 5 heteroatoms. The summed E-state index contributed by atoms with van der Waals surface area (Å²) in [5, 5.41) is 2.93. The van der Waals surface area contributed by atoms with Gasteiger partial charge in [0.05, 0.1) is 6.54 Å². The molecule has 2 aliphatic rings. The molecule has 0 atom stereocenters. The number of aromatic nitrogens is 1. The zero-order chi connectivity index (χ0) is 14.0. The summed E-state index contributed by atoms with van der Waals surface area (Å²) in [6.07, 6.45) is 7.86. The van der Waals surface area contributed by atoms with E-state index in [-0.39, 0.29) is 18.4 Å². The molecule has 1 saturated carbocycles. The van der Waals surface area contributed by atoms with Crippen LogP contribution in [-0.4, -0.2) is 40.3 Å². The average Bonchev–Trinajstić information content (AvgIpc) is 2.92. The Bertz CT molecular complexity index is 509. The first-order valence-electron chi connectivity index (χ1n) is 7.19. The fourth-order valence-electron chi connectivity index (χ4n) is 3.22. The van der Waals surface area contributed by atoms with E-state index in [4.69, 9.17) is 0 Å². The zero-order valence-electron chi connectivity index (χ0n) is 11.5. The molecule has 1 aliphatic carbocycles. The van der Waals surface area contributed by atoms with Crippen molar-refractivity contribution >= 4 is 11.8 Å². The molecule has 1 spiro atoms. The Morgan fingerprint density at radius 2 is 1.90 bits per heavy atom. The van der Waals surface area contributed by atoms with Crippen molar-refractivity contribution in [2.75, 3.05) is 13.1 Å². The minimum Gasteiger partial charge on any atom is -0.340 e. The van der Waals surface area contributed by atoms with Crippen LogP contribution in [-0.2, 0) is 16.0 Å². The summed E-state index contributed by atoms with van der Waals surface area (Å²) in [6, 6.07) is 3.89. The van der Waals surface area contributed by atoms with E-state index in [2.05, 4.69) is 10.3 Å². The number of hydrogen-bond acceptors (Lipinski definition) is 3. The van der Waals surface area contributed by atoms with Gasteiger partial charge in [-0.3, -0.25) is 14.6 Å². The standard InChI is InChI=1S/C15H19N3O2/c19-13-11-18(10-5-12-3-8-16-9-4-12)14(20)15(17-13)6-1-2-7-15/h3-4,8-9H,1-2,5-7,10-11H2,(H,17,19). The fraction of sp³-hybridized carbons (Fsp3) is 0.533. The van der Waals surface area contributed by atoms with E-state index in [1.165, 1.54) is 0 Å². The van der Waals surface area contributed by atoms with Crippen molar-refractivity contribution in [3.8, 4) is 0 Å². The maximum absolute atomic E-state index is 12.6. The van der Waals surface area contributed by atoms with Gasteiger partial charge in [-0.15, -0.1) is 0 Å². The summed E-state index contributed by atoms with van der Waals surface area (Å²) >= 11 is 0. The molecule has 1 saturated heterocycles. The van der Waals surface area contributed by atoms with Gasteiger partial charge in [0.1, 0.15) is 5.54 Å². The Morgan fingerprint density at radius 1 is 1.20 bits per heavy atom. The smallest absolute Gasteiger partial charge is 0.248 e. The number of nitrogens with one attached hydrogen (secondary N) is 1. The highest BCUT2D eigenvalue weighted by Crippen LogP contribution is 2.33. The number of hydrogen-bond donors (Lipinski definition) is 1. The summed E-state index contributed by atoms with van der Waals surface area (Å²) in [6.45, 7) is 0.781. The van der Waals surface area contributed by atoms with E-state index in [0.29, 0.717) is 6.54 Å². The zero-order valence-corrected chi connectivity index (χ0v) is 11.5. The molecule has 1 aliphatic heterocycles. The largest absolute Gasteiger partial charge is 0.340 e. The summed E-state index contributed by atoms with van der Waals surface area (Å²) in [7, 11) is 0. The molecule has 1 N–H and O–H groups in total. The second-order valence-electron chi connectivity index (χ2n) is 5.67. The van der Waals surface area contributed by atoms with Crippen molar-refractivity contribution in [1.82, 2.24) is 15.2 Å². The Balaban J connectivity index is 1.69. The van der Waals surface area contributed by atoms with Gasteiger partial charge in [0.15, 0.2) is 0 Å². The lowest BCUT2D eigenvalue weighted by molar-refractivity contribution is -0.149. The van der Waals surface area contributed by atoms with E-state index in [1.54, 1.807) is 17.3 Å². The minimum atomic E-state index is -0.604. The van der Waals surface area contributed by atoms with E-state index in [9.17, 15) is 9.59 Å². The monoisotopic (exact) mass is 273 g/mol. The van der Waals surface area contributed by atoms with Crippen LogP contribution in [0.25, 0.3) is 0 Å². The van der Waals surface area contributed by atoms with Crippen molar-refractivity contribution in [1.29, 1.82) is 0 Å². The lowest BCUT2D eigenvalue weighted by Crippen LogP contribution is -2.65. The van der Waals surface area contributed by atoms with E-state index >= 15 is 0 Å². The summed E-state index contributed by atoms with van der Waals surface area (Å²) in [4.78, 5) is 30.2. The Labute approximate surface area is 118 Å². The van der Waals surface area contributed by atoms with Gasteiger partial charge >= 0.3 is 0 Å². The second-order valence-corrected chi connectivity index (χ2v) is 5.67. The molecule has 1 aromatic rings. The number of nitrogens with zero attached hydrogens (tertiary/aromatic N) is 2. The molecule has 0 unspecified atom stereocenters. The molecule has 2 fully saturated rings. The van der Waals surface area contributed by atoms with Crippen LogP contribution in [0.3, 0.4) is 0 Å². The normalized spacial score (nSPS) is 21.3. The van der Waals surface area contributed by atoms with Gasteiger partial charge in [-0.1, -0.05) is 12.8 Å². The first-order valence-corrected chi connectivity index (χ1v) is 7.19. The van der Waals surface area contributed by atoms with Crippen molar-refractivity contribution in [2.24, 2.45) is 0 Å². The number of amides is 2. The molecule has 3 rings (SSSR count). The number of rotatable bonds is 3. The quantitative estimate of drug-likeness (QED) is 0.890. The van der Waals surface area contributed by atoms with Crippen molar-refractivity contribution in [2.45, 2.75) is 37.6 Å². The van der Waals surface area contributed by atoms with Crippen LogP contribution >= 0.6 is 0 Å². The van der Waals surface area contributed by atoms with Crippen LogP contribution in [0.5, 0.6) is 0 Å². The molecule has 0 aromatic carbocycles. The van der Waals surface area contributed by atoms with E-state index in [1.807, 2.05) is 12.1 Å². The molecular weight excluding hydrogens is 254 g/mol. The highest BCUT2D eigenvalue weighted by Gasteiger charge is 2.47. The fourth-order valence-corrected chi connectivity index (χ4v) is 3.22. The Kier molecular flexibility index (Phi) is 3.42. The predicted octanol–water partition coefficient (Wildman–Crippen LogP) is 0.895. The average molecular weight is 273 g/mol. The first-order chi connectivity index (χ1) is 9.70. The topological polar surface area (TPSA) is 62.3 Å². The first kappa shape index (κ1) is 13.1. The molecule has 0 radical (unpaired) electrons. The Morgan fingerprint density at radius 3 is 2.60 bits per heavy atom. The molecule has 2 heterocycles. The SMILES string of the molecule is O=C1CN(CCc2ccncc2)C(=O)C2(CCCC2)N1. The second kappa shape index (κ2) is 5.23. The number of carbonyl (C=O) groups excluding carboxylic acids is 2. The van der Waals surface area contributed by atoms with Crippen LogP contribution < -0.4 is 5.32 Å². The van der Waals surface area contributed by atoms with Crippen LogP contribution in [0, 0.1) is 0 Å². The molecule has 5 nitrogen and oxygen atoms in total. The minimum absolute atomic E-state index is 0.0266. The van der Waals surface area contributed by atoms with Gasteiger partial charge in [-0.05, 0) is 37.0 Å². The van der Waals surface area contributed by atoms with Gasteiger partial charge in [0.25, 0.3) is 0 Å². The third-order valence-corrected chi connectivity index (χ3v) is 4.29. The van der Waals surface area contributed by atoms with Crippen LogP contribution in [0.15, 0.2) is 24.5 Å². The van der Waals surface area contributed by atoms with E-state index in [0.717, 1.165) is 37.7 Å². The van der Waals surface area contributed by atoms with Crippen molar-refractivity contribution in [3.05, 3.63) is 30.1 Å². The molecule has 20 heavy (non-hydrogen) atoms. The number of piperazine rings is 1. The molecular formula is C15H19N3O2. The van der Waals surface area contributed by atoms with Crippen LogP contribution in [0.4, 0.5) is 0 Å². The Hall–Kier alpha value is -1.91. The van der Waals surface area contributed by atoms with Crippen LogP contribution in [0.1, 0.15) is 31.2 Å². The van der Waals surface area contributed by atoms with Crippen molar-refractivity contribution in [3.63, 3.8) is 0 Å². The van der Waals surface area contributed by atoms with Crippen LogP contribution in [0.2, 0.25) is 0 Å². The molecule has 106 valence electrons. The van der Waals surface area contributed by atoms with Gasteiger partial charge in [-0.2, -0.15) is 0 Å². The third kappa shape index (κ3) is 2.40. The predicted molar refractivity (Wildman–Crippen MR) is 73.9 cm³/mol. The summed E-state index contributed by atoms with van der Waals surface area (Å²) in [5.74, 6) is 0.0740. The van der Waals surface area contributed by atoms with Gasteiger partial charge in [-0.25, -0.2) is 0 Å². The summed E-state index contributed by atoms with van der Waals surface area (Å²) < 4.78 is 0. The lowest BCUT2D eigenvalue weighted by Gasteiger charge is -2.39. The molecule has 0 bridgehead atoms. The third-order valence-electron chi connectivity index (χ3n) is 4.29. The summed E-state index contributed by atoms with van der Waals surface area (Å²) in [5.41, 5.74) is 0.535. The maximum Gasteiger partial charge on any atom is 0.248 e. The number of carbonyl (C=O) groups is 2. The lowest BCUT2D eigenvalue weighted by atomic mass is 9.93. The number of pyridine rings is 1. The maximum atomic E-state index is 12.6. The van der Waals surface area contributed by atoms with Gasteiger partial charge < -0.3 is 10.2 Å². The highest BCUT2D eigenvalue weighted by molar-refractivity contribution is 5.98. The van der Waals surface area contributed by atoms with Crippen molar-refractivity contribution < 1.29 is 9.59 Å².